The molecular weight excluding hydrogens is 385 g/mol. The number of amides is 2. The third-order valence-corrected chi connectivity index (χ3v) is 3.45. The Balaban J connectivity index is 2.14. The van der Waals surface area contributed by atoms with Gasteiger partial charge in [-0.15, -0.1) is 0 Å². The first-order valence-corrected chi connectivity index (χ1v) is 7.13. The van der Waals surface area contributed by atoms with Crippen molar-refractivity contribution in [3.63, 3.8) is 0 Å². The van der Waals surface area contributed by atoms with Gasteiger partial charge in [-0.3, -0.25) is 0 Å². The zero-order valence-electron chi connectivity index (χ0n) is 10.8. The molecule has 0 spiro atoms. The minimum atomic E-state index is -4.51. The summed E-state index contributed by atoms with van der Waals surface area (Å²) in [7, 11) is 0. The molecule has 0 saturated carbocycles. The van der Waals surface area contributed by atoms with E-state index in [9.17, 15) is 18.0 Å². The lowest BCUT2D eigenvalue weighted by Gasteiger charge is -2.12. The van der Waals surface area contributed by atoms with Crippen LogP contribution in [-0.2, 0) is 6.18 Å². The zero-order valence-corrected chi connectivity index (χ0v) is 13.2. The van der Waals surface area contributed by atoms with Crippen molar-refractivity contribution in [2.45, 2.75) is 6.18 Å². The van der Waals surface area contributed by atoms with Crippen molar-refractivity contribution in [2.75, 3.05) is 10.6 Å². The van der Waals surface area contributed by atoms with Gasteiger partial charge in [0.2, 0.25) is 0 Å². The Morgan fingerprint density at radius 3 is 2.45 bits per heavy atom. The van der Waals surface area contributed by atoms with E-state index in [-0.39, 0.29) is 10.7 Å². The maximum absolute atomic E-state index is 12.7. The maximum atomic E-state index is 12.7. The minimum Gasteiger partial charge on any atom is -0.308 e. The molecule has 116 valence electrons. The van der Waals surface area contributed by atoms with Crippen LogP contribution in [0.3, 0.4) is 0 Å². The van der Waals surface area contributed by atoms with Crippen LogP contribution in [0.5, 0.6) is 0 Å². The van der Waals surface area contributed by atoms with Gasteiger partial charge in [0, 0.05) is 10.2 Å². The summed E-state index contributed by atoms with van der Waals surface area (Å²) >= 11 is 9.05. The average Bonchev–Trinajstić information content (AvgIpc) is 2.40. The number of benzene rings is 2. The molecule has 0 aliphatic carbocycles. The van der Waals surface area contributed by atoms with Crippen LogP contribution in [0.1, 0.15) is 5.56 Å². The van der Waals surface area contributed by atoms with E-state index in [2.05, 4.69) is 26.6 Å². The van der Waals surface area contributed by atoms with E-state index >= 15 is 0 Å². The van der Waals surface area contributed by atoms with Crippen LogP contribution in [0.4, 0.5) is 29.3 Å². The van der Waals surface area contributed by atoms with Crippen LogP contribution in [0.2, 0.25) is 5.02 Å². The number of alkyl halides is 3. The first kappa shape index (κ1) is 16.6. The fraction of sp³-hybridized carbons (Fsp3) is 0.0714. The molecule has 2 aromatic rings. The fourth-order valence-electron chi connectivity index (χ4n) is 1.65. The Bertz CT molecular complexity index is 707. The number of nitrogens with one attached hydrogen (secondary N) is 2. The third-order valence-electron chi connectivity index (χ3n) is 2.62. The molecular formula is C14H9BrClF3N2O. The molecule has 2 N–H and O–H groups in total. The van der Waals surface area contributed by atoms with Crippen molar-refractivity contribution in [2.24, 2.45) is 0 Å². The van der Waals surface area contributed by atoms with E-state index in [1.165, 1.54) is 0 Å². The summed E-state index contributed by atoms with van der Waals surface area (Å²) < 4.78 is 38.7. The molecule has 0 bridgehead atoms. The molecule has 0 aliphatic rings. The molecule has 0 radical (unpaired) electrons. The van der Waals surface area contributed by atoms with Crippen LogP contribution in [0.15, 0.2) is 46.9 Å². The van der Waals surface area contributed by atoms with E-state index in [1.54, 1.807) is 24.3 Å². The number of hydrogen-bond acceptors (Lipinski definition) is 1. The van der Waals surface area contributed by atoms with Gasteiger partial charge in [0.25, 0.3) is 0 Å². The molecule has 0 heterocycles. The molecule has 0 atom stereocenters. The zero-order chi connectivity index (χ0) is 16.3. The van der Waals surface area contributed by atoms with Crippen LogP contribution in [0.25, 0.3) is 0 Å². The van der Waals surface area contributed by atoms with Gasteiger partial charge < -0.3 is 10.6 Å². The Labute approximate surface area is 137 Å². The van der Waals surface area contributed by atoms with Crippen molar-refractivity contribution >= 4 is 44.9 Å². The van der Waals surface area contributed by atoms with Gasteiger partial charge in [0.05, 0.1) is 16.3 Å². The Morgan fingerprint density at radius 1 is 1.09 bits per heavy atom. The van der Waals surface area contributed by atoms with Gasteiger partial charge in [0.15, 0.2) is 0 Å². The van der Waals surface area contributed by atoms with E-state index in [4.69, 9.17) is 11.6 Å². The number of carbonyl (C=O) groups excluding carboxylic acids is 1. The summed E-state index contributed by atoms with van der Waals surface area (Å²) in [6, 6.07) is 8.77. The minimum absolute atomic E-state index is 0.0115. The monoisotopic (exact) mass is 392 g/mol. The number of anilines is 2. The largest absolute Gasteiger partial charge is 0.416 e. The second-order valence-corrected chi connectivity index (χ2v) is 5.60. The highest BCUT2D eigenvalue weighted by Gasteiger charge is 2.31. The van der Waals surface area contributed by atoms with Crippen LogP contribution in [0, 0.1) is 0 Å². The van der Waals surface area contributed by atoms with Gasteiger partial charge in [-0.2, -0.15) is 13.2 Å². The quantitative estimate of drug-likeness (QED) is 0.668. The molecule has 0 saturated heterocycles. The van der Waals surface area contributed by atoms with Crippen molar-refractivity contribution < 1.29 is 18.0 Å². The van der Waals surface area contributed by atoms with Crippen molar-refractivity contribution in [1.82, 2.24) is 0 Å². The average molecular weight is 394 g/mol. The summed E-state index contributed by atoms with van der Waals surface area (Å²) in [4.78, 5) is 11.8. The van der Waals surface area contributed by atoms with Gasteiger partial charge in [-0.25, -0.2) is 4.79 Å². The molecule has 0 aliphatic heterocycles. The normalized spacial score (nSPS) is 11.1. The molecule has 0 fully saturated rings. The van der Waals surface area contributed by atoms with Gasteiger partial charge >= 0.3 is 12.2 Å². The van der Waals surface area contributed by atoms with Crippen LogP contribution in [-0.4, -0.2) is 6.03 Å². The third kappa shape index (κ3) is 4.38. The smallest absolute Gasteiger partial charge is 0.308 e. The van der Waals surface area contributed by atoms with E-state index in [0.717, 1.165) is 22.7 Å². The predicted octanol–water partition coefficient (Wildman–Crippen LogP) is 5.77. The molecule has 22 heavy (non-hydrogen) atoms. The first-order valence-electron chi connectivity index (χ1n) is 5.96. The molecule has 0 aromatic heterocycles. The van der Waals surface area contributed by atoms with Crippen LogP contribution < -0.4 is 10.6 Å². The lowest BCUT2D eigenvalue weighted by Crippen LogP contribution is -2.20. The van der Waals surface area contributed by atoms with Gasteiger partial charge in [-0.05, 0) is 36.4 Å². The Kier molecular flexibility index (Phi) is 4.97. The van der Waals surface area contributed by atoms with E-state index < -0.39 is 17.8 Å². The Hall–Kier alpha value is -1.73. The van der Waals surface area contributed by atoms with Crippen molar-refractivity contribution in [3.05, 3.63) is 57.5 Å². The number of halogens is 5. The molecule has 3 nitrogen and oxygen atoms in total. The van der Waals surface area contributed by atoms with Crippen molar-refractivity contribution in [1.29, 1.82) is 0 Å². The molecule has 2 rings (SSSR count). The molecule has 8 heteroatoms. The first-order chi connectivity index (χ1) is 10.3. The molecule has 2 amide bonds. The van der Waals surface area contributed by atoms with E-state index in [1.807, 2.05) is 0 Å². The molecule has 0 unspecified atom stereocenters. The molecule has 2 aromatic carbocycles. The summed E-state index contributed by atoms with van der Waals surface area (Å²) in [6.45, 7) is 0. The summed E-state index contributed by atoms with van der Waals surface area (Å²) in [5, 5.41) is 4.80. The SMILES string of the molecule is O=C(Nc1cccc(Br)c1)Nc1cc(C(F)(F)F)ccc1Cl. The Morgan fingerprint density at radius 2 is 1.82 bits per heavy atom. The lowest BCUT2D eigenvalue weighted by molar-refractivity contribution is -0.137. The predicted molar refractivity (Wildman–Crippen MR) is 83.2 cm³/mol. The second-order valence-electron chi connectivity index (χ2n) is 4.28. The number of carbonyl (C=O) groups is 1. The van der Waals surface area contributed by atoms with Gasteiger partial charge in [0.1, 0.15) is 0 Å². The second kappa shape index (κ2) is 6.58. The number of urea groups is 1. The van der Waals surface area contributed by atoms with Crippen LogP contribution >= 0.6 is 27.5 Å². The highest BCUT2D eigenvalue weighted by atomic mass is 79.9. The summed E-state index contributed by atoms with van der Waals surface area (Å²) in [6.07, 6.45) is -4.51. The maximum Gasteiger partial charge on any atom is 0.416 e. The lowest BCUT2D eigenvalue weighted by atomic mass is 10.2. The van der Waals surface area contributed by atoms with E-state index in [0.29, 0.717) is 5.69 Å². The number of rotatable bonds is 2. The standard InChI is InChI=1S/C14H9BrClF3N2O/c15-9-2-1-3-10(7-9)20-13(22)21-12-6-8(14(17,18)19)4-5-11(12)16/h1-7H,(H2,20,21,22). The van der Waals surface area contributed by atoms with Gasteiger partial charge in [-0.1, -0.05) is 33.6 Å². The topological polar surface area (TPSA) is 41.1 Å². The number of hydrogen-bond donors (Lipinski definition) is 2. The highest BCUT2D eigenvalue weighted by molar-refractivity contribution is 9.10. The highest BCUT2D eigenvalue weighted by Crippen LogP contribution is 2.33. The fourth-order valence-corrected chi connectivity index (χ4v) is 2.21. The summed E-state index contributed by atoms with van der Waals surface area (Å²) in [5.74, 6) is 0. The summed E-state index contributed by atoms with van der Waals surface area (Å²) in [5.41, 5.74) is -0.534. The van der Waals surface area contributed by atoms with Crippen molar-refractivity contribution in [3.8, 4) is 0 Å².